The van der Waals surface area contributed by atoms with Gasteiger partial charge < -0.3 is 5.11 Å². The van der Waals surface area contributed by atoms with Gasteiger partial charge in [-0.2, -0.15) is 17.0 Å². The molecule has 0 saturated carbocycles. The molecule has 122 valence electrons. The molecule has 8 heteroatoms. The molecule has 0 aromatic rings. The van der Waals surface area contributed by atoms with Crippen molar-refractivity contribution in [3.05, 3.63) is 0 Å². The number of nitrogens with zero attached hydrogens (tertiary/aromatic N) is 2. The Labute approximate surface area is 131 Å². The van der Waals surface area contributed by atoms with E-state index in [0.717, 1.165) is 25.7 Å². The topological polar surface area (TPSA) is 77.9 Å². The summed E-state index contributed by atoms with van der Waals surface area (Å²) in [5.74, 6) is -0.712. The van der Waals surface area contributed by atoms with E-state index >= 15 is 0 Å². The largest absolute Gasteiger partial charge is 0.480 e. The summed E-state index contributed by atoms with van der Waals surface area (Å²) in [4.78, 5) is 11.4. The minimum absolute atomic E-state index is 0.0499. The lowest BCUT2D eigenvalue weighted by Gasteiger charge is -2.37. The molecule has 3 unspecified atom stereocenters. The first-order chi connectivity index (χ1) is 9.89. The highest BCUT2D eigenvalue weighted by Gasteiger charge is 2.48. The number of thioether (sulfide) groups is 1. The Bertz CT molecular complexity index is 483. The van der Waals surface area contributed by atoms with E-state index in [-0.39, 0.29) is 11.4 Å². The third-order valence-electron chi connectivity index (χ3n) is 4.16. The molecule has 0 amide bonds. The van der Waals surface area contributed by atoms with Gasteiger partial charge in [0.05, 0.1) is 5.37 Å². The molecule has 0 aliphatic carbocycles. The quantitative estimate of drug-likeness (QED) is 0.827. The summed E-state index contributed by atoms with van der Waals surface area (Å²) in [5, 5.41) is 9.10. The van der Waals surface area contributed by atoms with Crippen LogP contribution in [0, 0.1) is 0 Å². The minimum Gasteiger partial charge on any atom is -0.480 e. The van der Waals surface area contributed by atoms with Gasteiger partial charge in [-0.3, -0.25) is 4.79 Å². The summed E-state index contributed by atoms with van der Waals surface area (Å²) in [5.41, 5.74) is 0. The molecule has 0 bridgehead atoms. The van der Waals surface area contributed by atoms with E-state index in [1.54, 1.807) is 0 Å². The van der Waals surface area contributed by atoms with Gasteiger partial charge in [0, 0.05) is 18.3 Å². The van der Waals surface area contributed by atoms with Crippen molar-refractivity contribution in [3.63, 3.8) is 0 Å². The molecule has 0 aromatic carbocycles. The highest BCUT2D eigenvalue weighted by molar-refractivity contribution is 8.01. The molecule has 2 heterocycles. The van der Waals surface area contributed by atoms with Gasteiger partial charge in [-0.25, -0.2) is 0 Å². The van der Waals surface area contributed by atoms with E-state index in [9.17, 15) is 18.3 Å². The zero-order chi connectivity index (χ0) is 15.6. The molecule has 0 radical (unpaired) electrons. The summed E-state index contributed by atoms with van der Waals surface area (Å²) in [6.45, 7) is 4.39. The molecule has 3 atom stereocenters. The van der Waals surface area contributed by atoms with Crippen LogP contribution in [0.2, 0.25) is 0 Å². The molecule has 0 spiro atoms. The van der Waals surface area contributed by atoms with Crippen molar-refractivity contribution in [1.29, 1.82) is 0 Å². The average Bonchev–Trinajstić information content (AvgIpc) is 2.84. The number of piperidine rings is 1. The molecule has 2 saturated heterocycles. The van der Waals surface area contributed by atoms with Crippen molar-refractivity contribution in [2.45, 2.75) is 63.4 Å². The molecule has 2 aliphatic heterocycles. The predicted molar refractivity (Wildman–Crippen MR) is 83.4 cm³/mol. The maximum absolute atomic E-state index is 13.0. The number of aliphatic carboxylic acids is 1. The third kappa shape index (κ3) is 3.38. The second-order valence-corrected chi connectivity index (χ2v) is 8.72. The molecular weight excluding hydrogens is 312 g/mol. The first kappa shape index (κ1) is 17.1. The Morgan fingerprint density at radius 3 is 2.67 bits per heavy atom. The summed E-state index contributed by atoms with van der Waals surface area (Å²) in [6.07, 6.45) is 4.25. The average molecular weight is 336 g/mol. The highest BCUT2D eigenvalue weighted by Crippen LogP contribution is 2.37. The van der Waals surface area contributed by atoms with Crippen LogP contribution >= 0.6 is 11.8 Å². The maximum Gasteiger partial charge on any atom is 0.322 e. The lowest BCUT2D eigenvalue weighted by atomic mass is 10.1. The van der Waals surface area contributed by atoms with Gasteiger partial charge in [0.2, 0.25) is 0 Å². The van der Waals surface area contributed by atoms with Crippen LogP contribution in [0.5, 0.6) is 0 Å². The summed E-state index contributed by atoms with van der Waals surface area (Å²) in [7, 11) is -3.71. The van der Waals surface area contributed by atoms with E-state index in [0.29, 0.717) is 18.7 Å². The number of hydrogen-bond donors (Lipinski definition) is 1. The van der Waals surface area contributed by atoms with Crippen LogP contribution in [0.1, 0.15) is 46.0 Å². The summed E-state index contributed by atoms with van der Waals surface area (Å²) >= 11 is 1.44. The Balaban J connectivity index is 2.30. The van der Waals surface area contributed by atoms with Crippen LogP contribution in [0.15, 0.2) is 0 Å². The first-order valence-corrected chi connectivity index (χ1v) is 9.99. The van der Waals surface area contributed by atoms with Gasteiger partial charge in [0.1, 0.15) is 6.04 Å². The van der Waals surface area contributed by atoms with Crippen LogP contribution in [0.3, 0.4) is 0 Å². The monoisotopic (exact) mass is 336 g/mol. The van der Waals surface area contributed by atoms with Crippen molar-refractivity contribution in [1.82, 2.24) is 8.61 Å². The highest BCUT2D eigenvalue weighted by atomic mass is 32.2. The zero-order valence-corrected chi connectivity index (χ0v) is 14.2. The molecule has 2 aliphatic rings. The fraction of sp³-hybridized carbons (Fsp3) is 0.923. The van der Waals surface area contributed by atoms with Crippen LogP contribution in [0.25, 0.3) is 0 Å². The third-order valence-corrected chi connectivity index (χ3v) is 7.83. The number of rotatable bonds is 5. The molecule has 6 nitrogen and oxygen atoms in total. The lowest BCUT2D eigenvalue weighted by molar-refractivity contribution is -0.140. The van der Waals surface area contributed by atoms with Gasteiger partial charge in [-0.05, 0) is 26.2 Å². The minimum atomic E-state index is -3.71. The van der Waals surface area contributed by atoms with E-state index in [2.05, 4.69) is 0 Å². The Morgan fingerprint density at radius 2 is 2.10 bits per heavy atom. The summed E-state index contributed by atoms with van der Waals surface area (Å²) in [6, 6.07) is -0.989. The smallest absolute Gasteiger partial charge is 0.322 e. The molecular formula is C13H24N2O4S2. The Morgan fingerprint density at radius 1 is 1.38 bits per heavy atom. The van der Waals surface area contributed by atoms with Crippen LogP contribution in [-0.2, 0) is 15.0 Å². The van der Waals surface area contributed by atoms with Crippen molar-refractivity contribution in [2.75, 3.05) is 12.3 Å². The SMILES string of the molecule is CCCC1SCC(C(=O)O)N1S(=O)(=O)N1CCCCC1C. The lowest BCUT2D eigenvalue weighted by Crippen LogP contribution is -2.55. The van der Waals surface area contributed by atoms with Crippen LogP contribution < -0.4 is 0 Å². The summed E-state index contributed by atoms with van der Waals surface area (Å²) < 4.78 is 28.7. The van der Waals surface area contributed by atoms with Crippen molar-refractivity contribution in [3.8, 4) is 0 Å². The zero-order valence-electron chi connectivity index (χ0n) is 12.6. The number of hydrogen-bond acceptors (Lipinski definition) is 4. The van der Waals surface area contributed by atoms with E-state index in [1.807, 2.05) is 13.8 Å². The van der Waals surface area contributed by atoms with Crippen molar-refractivity contribution in [2.24, 2.45) is 0 Å². The second kappa shape index (κ2) is 6.85. The van der Waals surface area contributed by atoms with Crippen LogP contribution in [0.4, 0.5) is 0 Å². The molecule has 2 rings (SSSR count). The number of carbonyl (C=O) groups is 1. The number of carboxylic acids is 1. The standard InChI is InChI=1S/C13H24N2O4S2/c1-3-6-12-15(11(9-20-12)13(16)17)21(18,19)14-8-5-4-7-10(14)2/h10-12H,3-9H2,1-2H3,(H,16,17). The van der Waals surface area contributed by atoms with E-state index in [4.69, 9.17) is 0 Å². The Hall–Kier alpha value is -0.310. The molecule has 2 fully saturated rings. The van der Waals surface area contributed by atoms with E-state index in [1.165, 1.54) is 20.4 Å². The first-order valence-electron chi connectivity index (χ1n) is 7.54. The van der Waals surface area contributed by atoms with Gasteiger partial charge >= 0.3 is 5.97 Å². The van der Waals surface area contributed by atoms with Crippen LogP contribution in [-0.4, -0.2) is 57.9 Å². The van der Waals surface area contributed by atoms with Gasteiger partial charge in [0.25, 0.3) is 10.2 Å². The number of carboxylic acid groups (broad SMARTS) is 1. The van der Waals surface area contributed by atoms with Crippen molar-refractivity contribution < 1.29 is 18.3 Å². The Kier molecular flexibility index (Phi) is 5.56. The van der Waals surface area contributed by atoms with Gasteiger partial charge in [-0.15, -0.1) is 11.8 Å². The van der Waals surface area contributed by atoms with Gasteiger partial charge in [-0.1, -0.05) is 19.8 Å². The second-order valence-electron chi connectivity index (χ2n) is 5.72. The molecule has 21 heavy (non-hydrogen) atoms. The molecule has 1 N–H and O–H groups in total. The van der Waals surface area contributed by atoms with Gasteiger partial charge in [0.15, 0.2) is 0 Å². The van der Waals surface area contributed by atoms with Crippen molar-refractivity contribution >= 4 is 27.9 Å². The molecule has 0 aromatic heterocycles. The predicted octanol–water partition coefficient (Wildman–Crippen LogP) is 1.73. The normalized spacial score (nSPS) is 32.4. The fourth-order valence-corrected chi connectivity index (χ4v) is 7.09. The fourth-order valence-electron chi connectivity index (χ4n) is 3.03. The van der Waals surface area contributed by atoms with E-state index < -0.39 is 22.2 Å². The maximum atomic E-state index is 13.0.